The van der Waals surface area contributed by atoms with Crippen LogP contribution in [-0.2, 0) is 11.4 Å². The molecule has 0 aromatic heterocycles. The Morgan fingerprint density at radius 1 is 0.852 bits per heavy atom. The van der Waals surface area contributed by atoms with Crippen LogP contribution in [0.15, 0.2) is 95.6 Å². The SMILES string of the molecule is O=C1NC(c2ccccc2)=NC1=Cc1ccc(OCc2ccccc2)cc1. The third-order valence-electron chi connectivity index (χ3n) is 4.18. The molecule has 0 radical (unpaired) electrons. The van der Waals surface area contributed by atoms with Crippen LogP contribution in [-0.4, -0.2) is 11.7 Å². The number of hydrogen-bond acceptors (Lipinski definition) is 3. The topological polar surface area (TPSA) is 50.7 Å². The van der Waals surface area contributed by atoms with E-state index in [1.54, 1.807) is 6.08 Å². The monoisotopic (exact) mass is 354 g/mol. The Hall–Kier alpha value is -3.66. The maximum Gasteiger partial charge on any atom is 0.275 e. The summed E-state index contributed by atoms with van der Waals surface area (Å²) in [5.74, 6) is 1.17. The lowest BCUT2D eigenvalue weighted by Crippen LogP contribution is -2.24. The number of amides is 1. The minimum Gasteiger partial charge on any atom is -0.489 e. The standard InChI is InChI=1S/C23H18N2O2/c26-23-21(24-22(25-23)19-9-5-2-6-10-19)15-17-11-13-20(14-12-17)27-16-18-7-3-1-4-8-18/h1-15H,16H2,(H,24,25,26). The van der Waals surface area contributed by atoms with E-state index in [1.807, 2.05) is 84.9 Å². The van der Waals surface area contributed by atoms with Crippen molar-refractivity contribution in [1.29, 1.82) is 0 Å². The summed E-state index contributed by atoms with van der Waals surface area (Å²) in [6.45, 7) is 0.522. The largest absolute Gasteiger partial charge is 0.489 e. The quantitative estimate of drug-likeness (QED) is 0.699. The Labute approximate surface area is 157 Å². The van der Waals surface area contributed by atoms with Gasteiger partial charge in [-0.1, -0.05) is 72.8 Å². The van der Waals surface area contributed by atoms with Gasteiger partial charge in [0.15, 0.2) is 0 Å². The molecule has 0 unspecified atom stereocenters. The van der Waals surface area contributed by atoms with Gasteiger partial charge in [-0.3, -0.25) is 4.79 Å². The maximum atomic E-state index is 12.2. The normalized spacial score (nSPS) is 14.7. The first-order valence-corrected chi connectivity index (χ1v) is 8.72. The Balaban J connectivity index is 1.46. The van der Waals surface area contributed by atoms with Crippen LogP contribution >= 0.6 is 0 Å². The highest BCUT2D eigenvalue weighted by atomic mass is 16.5. The molecule has 1 aliphatic heterocycles. The minimum absolute atomic E-state index is 0.196. The fourth-order valence-corrected chi connectivity index (χ4v) is 2.76. The minimum atomic E-state index is -0.196. The average molecular weight is 354 g/mol. The van der Waals surface area contributed by atoms with Crippen LogP contribution in [0.3, 0.4) is 0 Å². The maximum absolute atomic E-state index is 12.2. The molecule has 0 saturated heterocycles. The van der Waals surface area contributed by atoms with E-state index in [-0.39, 0.29) is 5.91 Å². The molecule has 0 saturated carbocycles. The van der Waals surface area contributed by atoms with Gasteiger partial charge in [0, 0.05) is 5.56 Å². The van der Waals surface area contributed by atoms with Crippen molar-refractivity contribution in [1.82, 2.24) is 5.32 Å². The van der Waals surface area contributed by atoms with Crippen molar-refractivity contribution in [2.45, 2.75) is 6.61 Å². The predicted molar refractivity (Wildman–Crippen MR) is 106 cm³/mol. The van der Waals surface area contributed by atoms with Gasteiger partial charge in [-0.05, 0) is 29.3 Å². The highest BCUT2D eigenvalue weighted by molar-refractivity contribution is 6.19. The van der Waals surface area contributed by atoms with Crippen LogP contribution in [0, 0.1) is 0 Å². The van der Waals surface area contributed by atoms with Crippen molar-refractivity contribution in [3.8, 4) is 5.75 Å². The second-order valence-electron chi connectivity index (χ2n) is 6.15. The lowest BCUT2D eigenvalue weighted by Gasteiger charge is -2.06. The molecule has 4 heteroatoms. The van der Waals surface area contributed by atoms with Crippen molar-refractivity contribution in [3.63, 3.8) is 0 Å². The summed E-state index contributed by atoms with van der Waals surface area (Å²) in [7, 11) is 0. The van der Waals surface area contributed by atoms with Crippen molar-refractivity contribution in [2.24, 2.45) is 4.99 Å². The lowest BCUT2D eigenvalue weighted by atomic mass is 10.2. The molecular weight excluding hydrogens is 336 g/mol. The summed E-state index contributed by atoms with van der Waals surface area (Å²) < 4.78 is 5.79. The molecule has 0 spiro atoms. The molecule has 27 heavy (non-hydrogen) atoms. The zero-order valence-electron chi connectivity index (χ0n) is 14.6. The van der Waals surface area contributed by atoms with Gasteiger partial charge in [-0.2, -0.15) is 0 Å². The Kier molecular flexibility index (Phi) is 4.79. The van der Waals surface area contributed by atoms with Crippen molar-refractivity contribution in [2.75, 3.05) is 0 Å². The molecule has 1 heterocycles. The van der Waals surface area contributed by atoms with E-state index in [4.69, 9.17) is 4.74 Å². The van der Waals surface area contributed by atoms with E-state index in [0.717, 1.165) is 22.4 Å². The number of aliphatic imine (C=N–C) groups is 1. The molecule has 3 aromatic carbocycles. The molecular formula is C23H18N2O2. The molecule has 3 aromatic rings. The van der Waals surface area contributed by atoms with E-state index in [9.17, 15) is 4.79 Å². The molecule has 1 N–H and O–H groups in total. The van der Waals surface area contributed by atoms with Crippen LogP contribution < -0.4 is 10.1 Å². The molecule has 1 aliphatic rings. The molecule has 0 bridgehead atoms. The first-order valence-electron chi connectivity index (χ1n) is 8.72. The van der Waals surface area contributed by atoms with E-state index in [1.165, 1.54) is 0 Å². The van der Waals surface area contributed by atoms with Crippen LogP contribution in [0.25, 0.3) is 6.08 Å². The van der Waals surface area contributed by atoms with Gasteiger partial charge in [-0.25, -0.2) is 4.99 Å². The van der Waals surface area contributed by atoms with Crippen molar-refractivity contribution < 1.29 is 9.53 Å². The van der Waals surface area contributed by atoms with Gasteiger partial charge < -0.3 is 10.1 Å². The van der Waals surface area contributed by atoms with Gasteiger partial charge in [0.25, 0.3) is 5.91 Å². The third-order valence-corrected chi connectivity index (χ3v) is 4.18. The third kappa shape index (κ3) is 4.12. The number of nitrogens with zero attached hydrogens (tertiary/aromatic N) is 1. The zero-order chi connectivity index (χ0) is 18.5. The van der Waals surface area contributed by atoms with E-state index in [2.05, 4.69) is 10.3 Å². The van der Waals surface area contributed by atoms with Gasteiger partial charge >= 0.3 is 0 Å². The Morgan fingerprint density at radius 2 is 1.52 bits per heavy atom. The van der Waals surface area contributed by atoms with Crippen LogP contribution in [0.1, 0.15) is 16.7 Å². The second kappa shape index (κ2) is 7.70. The van der Waals surface area contributed by atoms with E-state index >= 15 is 0 Å². The molecule has 4 rings (SSSR count). The predicted octanol–water partition coefficient (Wildman–Crippen LogP) is 4.18. The fraction of sp³-hybridized carbons (Fsp3) is 0.0435. The van der Waals surface area contributed by atoms with Crippen LogP contribution in [0.2, 0.25) is 0 Å². The summed E-state index contributed by atoms with van der Waals surface area (Å²) in [6.07, 6.45) is 1.77. The molecule has 0 aliphatic carbocycles. The highest BCUT2D eigenvalue weighted by Crippen LogP contribution is 2.18. The smallest absolute Gasteiger partial charge is 0.275 e. The van der Waals surface area contributed by atoms with E-state index < -0.39 is 0 Å². The van der Waals surface area contributed by atoms with Gasteiger partial charge in [0.2, 0.25) is 0 Å². The molecule has 1 amide bonds. The first kappa shape index (κ1) is 16.8. The number of rotatable bonds is 5. The number of benzene rings is 3. The van der Waals surface area contributed by atoms with Crippen molar-refractivity contribution in [3.05, 3.63) is 107 Å². The second-order valence-corrected chi connectivity index (χ2v) is 6.15. The van der Waals surface area contributed by atoms with Crippen molar-refractivity contribution >= 4 is 17.8 Å². The zero-order valence-corrected chi connectivity index (χ0v) is 14.6. The molecule has 132 valence electrons. The van der Waals surface area contributed by atoms with Crippen LogP contribution in [0.4, 0.5) is 0 Å². The molecule has 0 fully saturated rings. The van der Waals surface area contributed by atoms with Gasteiger partial charge in [0.05, 0.1) is 0 Å². The number of amidine groups is 1. The summed E-state index contributed by atoms with van der Waals surface area (Å²) in [6, 6.07) is 27.2. The number of hydrogen-bond donors (Lipinski definition) is 1. The fourth-order valence-electron chi connectivity index (χ4n) is 2.76. The summed E-state index contributed by atoms with van der Waals surface area (Å²) >= 11 is 0. The molecule has 4 nitrogen and oxygen atoms in total. The average Bonchev–Trinajstić information content (AvgIpc) is 3.09. The number of nitrogens with one attached hydrogen (secondary N) is 1. The number of carbonyl (C=O) groups excluding carboxylic acids is 1. The first-order chi connectivity index (χ1) is 13.3. The van der Waals surface area contributed by atoms with Gasteiger partial charge in [-0.15, -0.1) is 0 Å². The Morgan fingerprint density at radius 3 is 2.22 bits per heavy atom. The lowest BCUT2D eigenvalue weighted by molar-refractivity contribution is -0.115. The Bertz CT molecular complexity index is 992. The highest BCUT2D eigenvalue weighted by Gasteiger charge is 2.20. The number of ether oxygens (including phenoxy) is 1. The summed E-state index contributed by atoms with van der Waals surface area (Å²) in [5.41, 5.74) is 3.30. The number of carbonyl (C=O) groups is 1. The summed E-state index contributed by atoms with van der Waals surface area (Å²) in [5, 5.41) is 2.81. The summed E-state index contributed by atoms with van der Waals surface area (Å²) in [4.78, 5) is 16.6. The van der Waals surface area contributed by atoms with E-state index in [0.29, 0.717) is 18.1 Å². The van der Waals surface area contributed by atoms with Crippen LogP contribution in [0.5, 0.6) is 5.75 Å². The molecule has 0 atom stereocenters. The van der Waals surface area contributed by atoms with Gasteiger partial charge in [0.1, 0.15) is 23.9 Å².